The first-order valence-electron chi connectivity index (χ1n) is 6.09. The maximum absolute atomic E-state index is 12.6. The summed E-state index contributed by atoms with van der Waals surface area (Å²) in [5.41, 5.74) is 3.68. The van der Waals surface area contributed by atoms with Crippen molar-refractivity contribution >= 4 is 17.6 Å². The monoisotopic (exact) mass is 304 g/mol. The van der Waals surface area contributed by atoms with E-state index in [1.165, 1.54) is 6.92 Å². The Bertz CT molecular complexity index is 546. The predicted octanol–water partition coefficient (Wildman–Crippen LogP) is 1.14. The van der Waals surface area contributed by atoms with Gasteiger partial charge in [0, 0.05) is 6.54 Å². The number of nitrogens with two attached hydrogens (primary N) is 1. The number of anilines is 1. The highest BCUT2D eigenvalue weighted by Crippen LogP contribution is 2.29. The lowest BCUT2D eigenvalue weighted by Crippen LogP contribution is -2.38. The van der Waals surface area contributed by atoms with Crippen molar-refractivity contribution in [2.24, 2.45) is 5.73 Å². The zero-order chi connectivity index (χ0) is 16.2. The zero-order valence-corrected chi connectivity index (χ0v) is 11.4. The summed E-state index contributed by atoms with van der Waals surface area (Å²) in [4.78, 5) is 26.1. The minimum Gasteiger partial charge on any atom is -0.365 e. The van der Waals surface area contributed by atoms with Crippen LogP contribution < -0.4 is 16.4 Å². The average molecular weight is 304 g/mol. The molecule has 1 heterocycles. The number of nitrogens with zero attached hydrogens (tertiary/aromatic N) is 1. The van der Waals surface area contributed by atoms with Crippen molar-refractivity contribution in [2.45, 2.75) is 26.1 Å². The van der Waals surface area contributed by atoms with Crippen LogP contribution in [0.1, 0.15) is 29.9 Å². The van der Waals surface area contributed by atoms with Gasteiger partial charge in [0.2, 0.25) is 5.91 Å². The van der Waals surface area contributed by atoms with Gasteiger partial charge in [-0.1, -0.05) is 0 Å². The number of carbonyl (C=O) groups is 2. The molecule has 4 N–H and O–H groups in total. The Morgan fingerprint density at radius 1 is 1.38 bits per heavy atom. The van der Waals surface area contributed by atoms with Gasteiger partial charge in [0.1, 0.15) is 17.6 Å². The van der Waals surface area contributed by atoms with Gasteiger partial charge < -0.3 is 16.4 Å². The van der Waals surface area contributed by atoms with Crippen LogP contribution >= 0.6 is 0 Å². The summed E-state index contributed by atoms with van der Waals surface area (Å²) in [6.45, 7) is 3.49. The molecule has 6 nitrogen and oxygen atoms in total. The highest BCUT2D eigenvalue weighted by molar-refractivity contribution is 5.98. The molecule has 2 amide bonds. The molecule has 9 heteroatoms. The number of pyridine rings is 1. The fourth-order valence-electron chi connectivity index (χ4n) is 1.52. The lowest BCUT2D eigenvalue weighted by atomic mass is 10.2. The molecule has 0 aliphatic rings. The lowest BCUT2D eigenvalue weighted by molar-refractivity contribution is -0.141. The average Bonchev–Trinajstić information content (AvgIpc) is 2.37. The molecule has 0 saturated heterocycles. The molecule has 0 fully saturated rings. The topological polar surface area (TPSA) is 97.1 Å². The number of rotatable bonds is 5. The van der Waals surface area contributed by atoms with Crippen molar-refractivity contribution in [2.75, 3.05) is 11.9 Å². The third-order valence-electron chi connectivity index (χ3n) is 2.55. The van der Waals surface area contributed by atoms with E-state index < -0.39 is 29.7 Å². The lowest BCUT2D eigenvalue weighted by Gasteiger charge is -2.17. The molecule has 0 aliphatic heterocycles. The van der Waals surface area contributed by atoms with Crippen LogP contribution in [0.3, 0.4) is 0 Å². The Hall–Kier alpha value is -2.32. The van der Waals surface area contributed by atoms with Crippen LogP contribution in [0.15, 0.2) is 12.1 Å². The molecular weight excluding hydrogens is 289 g/mol. The molecule has 0 aromatic carbocycles. The molecular formula is C12H15F3N4O2. The molecule has 0 aliphatic carbocycles. The third-order valence-corrected chi connectivity index (χ3v) is 2.55. The molecule has 1 unspecified atom stereocenters. The Morgan fingerprint density at radius 2 is 2.00 bits per heavy atom. The number of nitrogens with one attached hydrogen (secondary N) is 2. The van der Waals surface area contributed by atoms with Crippen molar-refractivity contribution in [3.63, 3.8) is 0 Å². The van der Waals surface area contributed by atoms with Crippen molar-refractivity contribution in [3.8, 4) is 0 Å². The minimum absolute atomic E-state index is 0.223. The highest BCUT2D eigenvalue weighted by Gasteiger charge is 2.33. The van der Waals surface area contributed by atoms with Crippen molar-refractivity contribution in [1.29, 1.82) is 0 Å². The van der Waals surface area contributed by atoms with E-state index in [1.807, 2.05) is 0 Å². The molecule has 1 aromatic rings. The van der Waals surface area contributed by atoms with E-state index >= 15 is 0 Å². The van der Waals surface area contributed by atoms with Gasteiger partial charge in [-0.3, -0.25) is 9.59 Å². The van der Waals surface area contributed by atoms with E-state index in [-0.39, 0.29) is 11.4 Å². The zero-order valence-electron chi connectivity index (χ0n) is 11.4. The molecule has 116 valence electrons. The van der Waals surface area contributed by atoms with E-state index in [2.05, 4.69) is 15.6 Å². The normalized spacial score (nSPS) is 12.6. The number of primary amides is 1. The first-order valence-corrected chi connectivity index (χ1v) is 6.09. The van der Waals surface area contributed by atoms with Crippen LogP contribution in [-0.2, 0) is 11.0 Å². The summed E-state index contributed by atoms with van der Waals surface area (Å²) in [7, 11) is 0. The van der Waals surface area contributed by atoms with E-state index in [1.54, 1.807) is 6.92 Å². The molecule has 1 atom stereocenters. The SMILES string of the molecule is CCNC(=O)C(C)Nc1nc(C(F)(F)F)ccc1C(N)=O. The largest absolute Gasteiger partial charge is 0.433 e. The van der Waals surface area contributed by atoms with Crippen LogP contribution in [0.4, 0.5) is 19.0 Å². The summed E-state index contributed by atoms with van der Waals surface area (Å²) in [6, 6.07) is 0.700. The van der Waals surface area contributed by atoms with Crippen molar-refractivity contribution < 1.29 is 22.8 Å². The number of hydrogen-bond acceptors (Lipinski definition) is 4. The third kappa shape index (κ3) is 4.33. The van der Waals surface area contributed by atoms with Gasteiger partial charge in [-0.25, -0.2) is 4.98 Å². The second kappa shape index (κ2) is 6.42. The van der Waals surface area contributed by atoms with E-state index in [0.29, 0.717) is 12.6 Å². The summed E-state index contributed by atoms with van der Waals surface area (Å²) in [5.74, 6) is -1.76. The molecule has 1 rings (SSSR count). The Morgan fingerprint density at radius 3 is 2.48 bits per heavy atom. The number of alkyl halides is 3. The van der Waals surface area contributed by atoms with Crippen LogP contribution in [0.2, 0.25) is 0 Å². The number of hydrogen-bond donors (Lipinski definition) is 3. The van der Waals surface area contributed by atoms with Crippen LogP contribution in [0.25, 0.3) is 0 Å². The second-order valence-electron chi connectivity index (χ2n) is 4.22. The van der Waals surface area contributed by atoms with Gasteiger partial charge in [0.05, 0.1) is 5.56 Å². The Kier molecular flexibility index (Phi) is 5.12. The number of carbonyl (C=O) groups excluding carboxylic acids is 2. The molecule has 0 radical (unpaired) electrons. The number of halogens is 3. The molecule has 0 bridgehead atoms. The molecule has 0 spiro atoms. The smallest absolute Gasteiger partial charge is 0.365 e. The van der Waals surface area contributed by atoms with Gasteiger partial charge in [0.25, 0.3) is 5.91 Å². The second-order valence-corrected chi connectivity index (χ2v) is 4.22. The van der Waals surface area contributed by atoms with Gasteiger partial charge in [-0.05, 0) is 26.0 Å². The van der Waals surface area contributed by atoms with Crippen LogP contribution in [0, 0.1) is 0 Å². The summed E-state index contributed by atoms with van der Waals surface area (Å²) in [6.07, 6.45) is -4.67. The Labute approximate surface area is 118 Å². The van der Waals surface area contributed by atoms with E-state index in [0.717, 1.165) is 6.07 Å². The summed E-state index contributed by atoms with van der Waals surface area (Å²) >= 11 is 0. The van der Waals surface area contributed by atoms with Gasteiger partial charge in [-0.2, -0.15) is 13.2 Å². The number of aromatic nitrogens is 1. The summed E-state index contributed by atoms with van der Waals surface area (Å²) < 4.78 is 37.9. The fourth-order valence-corrected chi connectivity index (χ4v) is 1.52. The predicted molar refractivity (Wildman–Crippen MR) is 69.5 cm³/mol. The number of likely N-dealkylation sites (N-methyl/N-ethyl adjacent to an activating group) is 1. The van der Waals surface area contributed by atoms with Gasteiger partial charge in [0.15, 0.2) is 0 Å². The van der Waals surface area contributed by atoms with Crippen molar-refractivity contribution in [3.05, 3.63) is 23.4 Å². The molecule has 21 heavy (non-hydrogen) atoms. The van der Waals surface area contributed by atoms with Gasteiger partial charge >= 0.3 is 6.18 Å². The fraction of sp³-hybridized carbons (Fsp3) is 0.417. The maximum Gasteiger partial charge on any atom is 0.433 e. The molecule has 0 saturated carbocycles. The summed E-state index contributed by atoms with van der Waals surface area (Å²) in [5, 5.41) is 4.96. The van der Waals surface area contributed by atoms with Crippen LogP contribution in [-0.4, -0.2) is 29.4 Å². The van der Waals surface area contributed by atoms with E-state index in [9.17, 15) is 22.8 Å². The van der Waals surface area contributed by atoms with Crippen LogP contribution in [0.5, 0.6) is 0 Å². The standard InChI is InChI=1S/C12H15F3N4O2/c1-3-17-11(21)6(2)18-10-7(9(16)20)4-5-8(19-10)12(13,14)15/h4-6H,3H2,1-2H3,(H2,16,20)(H,17,21)(H,18,19). The number of amides is 2. The first kappa shape index (κ1) is 16.7. The van der Waals surface area contributed by atoms with Crippen molar-refractivity contribution in [1.82, 2.24) is 10.3 Å². The maximum atomic E-state index is 12.6. The molecule has 1 aromatic heterocycles. The minimum atomic E-state index is -4.67. The van der Waals surface area contributed by atoms with Gasteiger partial charge in [-0.15, -0.1) is 0 Å². The quantitative estimate of drug-likeness (QED) is 0.760. The first-order chi connectivity index (χ1) is 9.66. The highest BCUT2D eigenvalue weighted by atomic mass is 19.4. The van der Waals surface area contributed by atoms with E-state index in [4.69, 9.17) is 5.73 Å². The Balaban J connectivity index is 3.12.